The summed E-state index contributed by atoms with van der Waals surface area (Å²) >= 11 is 0. The van der Waals surface area contributed by atoms with E-state index in [0.29, 0.717) is 0 Å². The molecule has 1 N–H and O–H groups in total. The Morgan fingerprint density at radius 2 is 2.11 bits per heavy atom. The number of aliphatic hydroxyl groups is 1. The molecule has 1 aromatic rings. The minimum absolute atomic E-state index is 0.131. The highest BCUT2D eigenvalue weighted by molar-refractivity contribution is 5.48. The predicted octanol–water partition coefficient (Wildman–Crippen LogP) is 1.67. The number of piperazine rings is 1. The number of pyridine rings is 1. The molecule has 0 spiro atoms. The first-order chi connectivity index (χ1) is 8.42. The van der Waals surface area contributed by atoms with E-state index in [1.54, 1.807) is 13.1 Å². The molecule has 1 aliphatic heterocycles. The minimum Gasteiger partial charge on any atom is -0.389 e. The predicted molar refractivity (Wildman–Crippen MR) is 73.8 cm³/mol. The van der Waals surface area contributed by atoms with Crippen molar-refractivity contribution >= 4 is 5.82 Å². The summed E-state index contributed by atoms with van der Waals surface area (Å²) in [7, 11) is 2.16. The van der Waals surface area contributed by atoms with E-state index in [-0.39, 0.29) is 5.54 Å². The number of aliphatic hydroxyl groups excluding tert-OH is 1. The van der Waals surface area contributed by atoms with E-state index in [1.165, 1.54) is 0 Å². The van der Waals surface area contributed by atoms with Gasteiger partial charge in [-0.15, -0.1) is 0 Å². The molecule has 18 heavy (non-hydrogen) atoms. The van der Waals surface area contributed by atoms with Crippen LogP contribution in [0.1, 0.15) is 32.4 Å². The Bertz CT molecular complexity index is 417. The molecule has 0 aromatic carbocycles. The average molecular weight is 249 g/mol. The number of anilines is 1. The Morgan fingerprint density at radius 3 is 2.72 bits per heavy atom. The molecule has 0 amide bonds. The van der Waals surface area contributed by atoms with Gasteiger partial charge in [-0.05, 0) is 33.9 Å². The first kappa shape index (κ1) is 13.3. The van der Waals surface area contributed by atoms with Crippen molar-refractivity contribution in [2.75, 3.05) is 31.6 Å². The Hall–Kier alpha value is -1.13. The zero-order valence-corrected chi connectivity index (χ0v) is 11.7. The smallest absolute Gasteiger partial charge is 0.134 e. The van der Waals surface area contributed by atoms with Crippen molar-refractivity contribution in [2.45, 2.75) is 32.4 Å². The molecule has 1 atom stereocenters. The third kappa shape index (κ3) is 2.49. The van der Waals surface area contributed by atoms with Crippen LogP contribution in [0.4, 0.5) is 5.82 Å². The summed E-state index contributed by atoms with van der Waals surface area (Å²) in [4.78, 5) is 9.11. The van der Waals surface area contributed by atoms with Crippen LogP contribution >= 0.6 is 0 Å². The fourth-order valence-corrected chi connectivity index (χ4v) is 2.42. The monoisotopic (exact) mass is 249 g/mol. The second-order valence-electron chi connectivity index (χ2n) is 5.75. The number of likely N-dealkylation sites (N-methyl/N-ethyl adjacent to an activating group) is 1. The zero-order chi connectivity index (χ0) is 13.3. The molecule has 2 heterocycles. The summed E-state index contributed by atoms with van der Waals surface area (Å²) in [5.74, 6) is 0.925. The number of nitrogens with zero attached hydrogens (tertiary/aromatic N) is 3. The normalized spacial score (nSPS) is 21.9. The lowest BCUT2D eigenvalue weighted by atomic mass is 9.99. The standard InChI is InChI=1S/C14H23N3O/c1-11(18)12-6-5-7-15-13(12)17-9-8-16(4)14(2,3)10-17/h5-7,11,18H,8-10H2,1-4H3/t11-/m0/s1. The van der Waals surface area contributed by atoms with Crippen molar-refractivity contribution in [3.63, 3.8) is 0 Å². The number of rotatable bonds is 2. The maximum Gasteiger partial charge on any atom is 0.134 e. The maximum atomic E-state index is 9.84. The number of hydrogen-bond donors (Lipinski definition) is 1. The number of hydrogen-bond acceptors (Lipinski definition) is 4. The summed E-state index contributed by atoms with van der Waals surface area (Å²) in [5, 5.41) is 9.84. The quantitative estimate of drug-likeness (QED) is 0.865. The van der Waals surface area contributed by atoms with Crippen LogP contribution in [0, 0.1) is 0 Å². The van der Waals surface area contributed by atoms with E-state index < -0.39 is 6.10 Å². The molecule has 4 heteroatoms. The molecule has 1 aromatic heterocycles. The van der Waals surface area contributed by atoms with Gasteiger partial charge in [-0.1, -0.05) is 6.07 Å². The van der Waals surface area contributed by atoms with Gasteiger partial charge < -0.3 is 10.0 Å². The third-order valence-corrected chi connectivity index (χ3v) is 3.88. The van der Waals surface area contributed by atoms with Gasteiger partial charge in [-0.2, -0.15) is 0 Å². The van der Waals surface area contributed by atoms with Crippen LogP contribution in [-0.4, -0.2) is 47.2 Å². The van der Waals surface area contributed by atoms with Crippen LogP contribution in [0.2, 0.25) is 0 Å². The fraction of sp³-hybridized carbons (Fsp3) is 0.643. The van der Waals surface area contributed by atoms with Gasteiger partial charge in [0.15, 0.2) is 0 Å². The molecule has 0 radical (unpaired) electrons. The summed E-state index contributed by atoms with van der Waals surface area (Å²) in [5.41, 5.74) is 1.05. The van der Waals surface area contributed by atoms with Crippen LogP contribution in [-0.2, 0) is 0 Å². The molecule has 100 valence electrons. The molecular weight excluding hydrogens is 226 g/mol. The fourth-order valence-electron chi connectivity index (χ4n) is 2.42. The Balaban J connectivity index is 2.27. The summed E-state index contributed by atoms with van der Waals surface area (Å²) in [6.45, 7) is 9.18. The highest BCUT2D eigenvalue weighted by Gasteiger charge is 2.32. The van der Waals surface area contributed by atoms with E-state index in [0.717, 1.165) is 31.0 Å². The van der Waals surface area contributed by atoms with E-state index in [1.807, 2.05) is 12.1 Å². The van der Waals surface area contributed by atoms with E-state index in [4.69, 9.17) is 0 Å². The number of aromatic nitrogens is 1. The lowest BCUT2D eigenvalue weighted by Gasteiger charge is -2.46. The summed E-state index contributed by atoms with van der Waals surface area (Å²) in [6.07, 6.45) is 1.32. The molecular formula is C14H23N3O. The van der Waals surface area contributed by atoms with E-state index in [2.05, 4.69) is 35.7 Å². The molecule has 0 aliphatic carbocycles. The third-order valence-electron chi connectivity index (χ3n) is 3.88. The maximum absolute atomic E-state index is 9.84. The van der Waals surface area contributed by atoms with E-state index >= 15 is 0 Å². The molecule has 0 saturated carbocycles. The topological polar surface area (TPSA) is 39.6 Å². The van der Waals surface area contributed by atoms with Crippen LogP contribution in [0.3, 0.4) is 0 Å². The van der Waals surface area contributed by atoms with Gasteiger partial charge >= 0.3 is 0 Å². The Morgan fingerprint density at radius 1 is 1.39 bits per heavy atom. The molecule has 1 aliphatic rings. The lowest BCUT2D eigenvalue weighted by Crippen LogP contribution is -2.58. The van der Waals surface area contributed by atoms with E-state index in [9.17, 15) is 5.11 Å². The summed E-state index contributed by atoms with van der Waals surface area (Å²) in [6, 6.07) is 3.84. The van der Waals surface area contributed by atoms with Crippen molar-refractivity contribution in [3.8, 4) is 0 Å². The van der Waals surface area contributed by atoms with Gasteiger partial charge in [-0.3, -0.25) is 4.90 Å². The Kier molecular flexibility index (Phi) is 3.59. The molecule has 0 unspecified atom stereocenters. The van der Waals surface area contributed by atoms with Gasteiger partial charge in [0.1, 0.15) is 5.82 Å². The molecule has 1 fully saturated rings. The molecule has 0 bridgehead atoms. The average Bonchev–Trinajstić information content (AvgIpc) is 2.32. The zero-order valence-electron chi connectivity index (χ0n) is 11.7. The van der Waals surface area contributed by atoms with Gasteiger partial charge in [-0.25, -0.2) is 4.98 Å². The van der Waals surface area contributed by atoms with Crippen LogP contribution < -0.4 is 4.90 Å². The van der Waals surface area contributed by atoms with Crippen LogP contribution in [0.15, 0.2) is 18.3 Å². The largest absolute Gasteiger partial charge is 0.389 e. The second-order valence-corrected chi connectivity index (χ2v) is 5.75. The highest BCUT2D eigenvalue weighted by atomic mass is 16.3. The molecule has 1 saturated heterocycles. The van der Waals surface area contributed by atoms with Crippen LogP contribution in [0.25, 0.3) is 0 Å². The first-order valence-corrected chi connectivity index (χ1v) is 6.51. The second kappa shape index (κ2) is 4.86. The van der Waals surface area contributed by atoms with Gasteiger partial charge in [0.2, 0.25) is 0 Å². The van der Waals surface area contributed by atoms with Crippen LogP contribution in [0.5, 0.6) is 0 Å². The van der Waals surface area contributed by atoms with Crippen molar-refractivity contribution in [3.05, 3.63) is 23.9 Å². The SMILES string of the molecule is C[C@H](O)c1cccnc1N1CCN(C)C(C)(C)C1. The van der Waals surface area contributed by atoms with Crippen molar-refractivity contribution in [1.82, 2.24) is 9.88 Å². The van der Waals surface area contributed by atoms with Crippen molar-refractivity contribution in [2.24, 2.45) is 0 Å². The summed E-state index contributed by atoms with van der Waals surface area (Å²) < 4.78 is 0. The highest BCUT2D eigenvalue weighted by Crippen LogP contribution is 2.28. The van der Waals surface area contributed by atoms with Gasteiger partial charge in [0.25, 0.3) is 0 Å². The minimum atomic E-state index is -0.475. The first-order valence-electron chi connectivity index (χ1n) is 6.51. The van der Waals surface area contributed by atoms with Crippen molar-refractivity contribution < 1.29 is 5.11 Å². The van der Waals surface area contributed by atoms with Gasteiger partial charge in [0.05, 0.1) is 6.10 Å². The molecule has 2 rings (SSSR count). The molecule has 4 nitrogen and oxygen atoms in total. The van der Waals surface area contributed by atoms with Gasteiger partial charge in [0, 0.05) is 36.9 Å². The lowest BCUT2D eigenvalue weighted by molar-refractivity contribution is 0.137. The van der Waals surface area contributed by atoms with Crippen molar-refractivity contribution in [1.29, 1.82) is 0 Å². The Labute approximate surface area is 109 Å².